The first-order chi connectivity index (χ1) is 10.9. The molecule has 1 aromatic carbocycles. The summed E-state index contributed by atoms with van der Waals surface area (Å²) in [5.41, 5.74) is 3.53. The molecule has 0 aliphatic heterocycles. The van der Waals surface area contributed by atoms with Crippen LogP contribution >= 0.6 is 0 Å². The summed E-state index contributed by atoms with van der Waals surface area (Å²) < 4.78 is 0. The van der Waals surface area contributed by atoms with Crippen molar-refractivity contribution in [3.8, 4) is 0 Å². The van der Waals surface area contributed by atoms with Gasteiger partial charge in [-0.1, -0.05) is 6.07 Å². The van der Waals surface area contributed by atoms with E-state index < -0.39 is 0 Å². The number of benzene rings is 1. The summed E-state index contributed by atoms with van der Waals surface area (Å²) in [4.78, 5) is 11.1. The summed E-state index contributed by atoms with van der Waals surface area (Å²) >= 11 is 0. The molecule has 0 saturated heterocycles. The molecule has 0 unspecified atom stereocenters. The van der Waals surface area contributed by atoms with E-state index in [-0.39, 0.29) is 0 Å². The highest BCUT2D eigenvalue weighted by molar-refractivity contribution is 5.60. The van der Waals surface area contributed by atoms with Gasteiger partial charge >= 0.3 is 0 Å². The van der Waals surface area contributed by atoms with Gasteiger partial charge in [-0.3, -0.25) is 0 Å². The molecule has 0 aliphatic carbocycles. The number of rotatable bonds is 7. The maximum Gasteiger partial charge on any atom is 0.136 e. The van der Waals surface area contributed by atoms with E-state index in [0.717, 1.165) is 42.7 Å². The smallest absolute Gasteiger partial charge is 0.136 e. The molecule has 0 atom stereocenters. The summed E-state index contributed by atoms with van der Waals surface area (Å²) in [6, 6.07) is 8.36. The van der Waals surface area contributed by atoms with Crippen LogP contribution in [0.3, 0.4) is 0 Å². The predicted molar refractivity (Wildman–Crippen MR) is 97.6 cm³/mol. The number of aromatic nitrogens is 2. The minimum absolute atomic E-state index is 0.759. The maximum atomic E-state index is 4.47. The van der Waals surface area contributed by atoms with E-state index in [4.69, 9.17) is 0 Å². The van der Waals surface area contributed by atoms with Crippen LogP contribution in [-0.4, -0.2) is 42.1 Å². The molecule has 1 aromatic heterocycles. The second-order valence-corrected chi connectivity index (χ2v) is 6.27. The van der Waals surface area contributed by atoms with E-state index in [9.17, 15) is 0 Å². The fourth-order valence-corrected chi connectivity index (χ4v) is 2.53. The summed E-state index contributed by atoms with van der Waals surface area (Å²) in [5, 5.41) is 6.75. The van der Waals surface area contributed by atoms with Crippen LogP contribution in [0.25, 0.3) is 0 Å². The zero-order chi connectivity index (χ0) is 16.8. The lowest BCUT2D eigenvalue weighted by Gasteiger charge is -2.12. The second-order valence-electron chi connectivity index (χ2n) is 6.27. The summed E-state index contributed by atoms with van der Waals surface area (Å²) in [6.07, 6.45) is 1.08. The molecule has 5 heteroatoms. The van der Waals surface area contributed by atoms with Crippen LogP contribution in [-0.2, 0) is 0 Å². The van der Waals surface area contributed by atoms with Gasteiger partial charge in [0.15, 0.2) is 0 Å². The van der Waals surface area contributed by atoms with Crippen molar-refractivity contribution in [1.29, 1.82) is 0 Å². The molecule has 1 heterocycles. The van der Waals surface area contributed by atoms with Gasteiger partial charge in [-0.15, -0.1) is 0 Å². The predicted octanol–water partition coefficient (Wildman–Crippen LogP) is 3.51. The van der Waals surface area contributed by atoms with E-state index in [0.29, 0.717) is 0 Å². The lowest BCUT2D eigenvalue weighted by molar-refractivity contribution is 0.405. The van der Waals surface area contributed by atoms with Gasteiger partial charge in [0.2, 0.25) is 0 Å². The minimum atomic E-state index is 0.759. The van der Waals surface area contributed by atoms with Crippen molar-refractivity contribution in [1.82, 2.24) is 14.9 Å². The van der Waals surface area contributed by atoms with Crippen LogP contribution in [0, 0.1) is 20.8 Å². The molecule has 0 bridgehead atoms. The zero-order valence-corrected chi connectivity index (χ0v) is 14.8. The molecule has 0 fully saturated rings. The zero-order valence-electron chi connectivity index (χ0n) is 14.8. The van der Waals surface area contributed by atoms with Crippen molar-refractivity contribution in [2.24, 2.45) is 0 Å². The van der Waals surface area contributed by atoms with Crippen molar-refractivity contribution in [2.45, 2.75) is 27.2 Å². The molecule has 0 saturated carbocycles. The Bertz CT molecular complexity index is 632. The molecule has 0 spiro atoms. The van der Waals surface area contributed by atoms with Gasteiger partial charge in [0, 0.05) is 18.3 Å². The SMILES string of the molecule is Cc1cc(C)cc(Nc2cc(NCCCN(C)C)nc(C)n2)c1. The third-order valence-corrected chi connectivity index (χ3v) is 3.42. The van der Waals surface area contributed by atoms with E-state index in [1.165, 1.54) is 11.1 Å². The second kappa shape index (κ2) is 7.92. The van der Waals surface area contributed by atoms with Crippen LogP contribution in [0.4, 0.5) is 17.3 Å². The number of anilines is 3. The van der Waals surface area contributed by atoms with Crippen molar-refractivity contribution in [3.05, 3.63) is 41.2 Å². The highest BCUT2D eigenvalue weighted by atomic mass is 15.1. The first kappa shape index (κ1) is 17.2. The largest absolute Gasteiger partial charge is 0.370 e. The van der Waals surface area contributed by atoms with Crippen LogP contribution in [0.15, 0.2) is 24.3 Å². The maximum absolute atomic E-state index is 4.47. The van der Waals surface area contributed by atoms with Crippen LogP contribution < -0.4 is 10.6 Å². The number of hydrogen-bond acceptors (Lipinski definition) is 5. The number of nitrogens with one attached hydrogen (secondary N) is 2. The lowest BCUT2D eigenvalue weighted by atomic mass is 10.1. The molecule has 23 heavy (non-hydrogen) atoms. The number of hydrogen-bond donors (Lipinski definition) is 2. The summed E-state index contributed by atoms with van der Waals surface area (Å²) in [5.74, 6) is 2.44. The highest BCUT2D eigenvalue weighted by Gasteiger charge is 2.03. The normalized spacial score (nSPS) is 10.9. The molecule has 124 valence electrons. The van der Waals surface area contributed by atoms with Crippen molar-refractivity contribution >= 4 is 17.3 Å². The van der Waals surface area contributed by atoms with Crippen molar-refractivity contribution in [3.63, 3.8) is 0 Å². The van der Waals surface area contributed by atoms with Gasteiger partial charge in [-0.05, 0) is 71.1 Å². The van der Waals surface area contributed by atoms with Gasteiger partial charge < -0.3 is 15.5 Å². The summed E-state index contributed by atoms with van der Waals surface area (Å²) in [7, 11) is 4.17. The van der Waals surface area contributed by atoms with Gasteiger partial charge in [-0.2, -0.15) is 0 Å². The Hall–Kier alpha value is -2.14. The molecule has 0 radical (unpaired) electrons. The number of aryl methyl sites for hydroxylation is 3. The first-order valence-electron chi connectivity index (χ1n) is 8.02. The molecule has 0 aliphatic rings. The standard InChI is InChI=1S/C18H27N5/c1-13-9-14(2)11-16(10-13)22-18-12-17(20-15(3)21-18)19-7-6-8-23(4)5/h9-12H,6-8H2,1-5H3,(H2,19,20,21,22). The van der Waals surface area contributed by atoms with Gasteiger partial charge in [0.25, 0.3) is 0 Å². The van der Waals surface area contributed by atoms with E-state index in [2.05, 4.69) is 71.6 Å². The highest BCUT2D eigenvalue weighted by Crippen LogP contribution is 2.20. The average molecular weight is 313 g/mol. The fraction of sp³-hybridized carbons (Fsp3) is 0.444. The third kappa shape index (κ3) is 5.87. The van der Waals surface area contributed by atoms with Crippen LogP contribution in [0.1, 0.15) is 23.4 Å². The summed E-state index contributed by atoms with van der Waals surface area (Å²) in [6.45, 7) is 8.07. The van der Waals surface area contributed by atoms with Gasteiger partial charge in [0.1, 0.15) is 17.5 Å². The van der Waals surface area contributed by atoms with Crippen molar-refractivity contribution in [2.75, 3.05) is 37.8 Å². The van der Waals surface area contributed by atoms with Gasteiger partial charge in [-0.25, -0.2) is 9.97 Å². The average Bonchev–Trinajstić information content (AvgIpc) is 2.41. The Balaban J connectivity index is 2.04. The Morgan fingerprint density at radius 1 is 0.913 bits per heavy atom. The Morgan fingerprint density at radius 3 is 2.22 bits per heavy atom. The Labute approximate surface area is 139 Å². The van der Waals surface area contributed by atoms with E-state index in [1.807, 2.05) is 13.0 Å². The molecule has 2 N–H and O–H groups in total. The molecule has 2 aromatic rings. The third-order valence-electron chi connectivity index (χ3n) is 3.42. The molecule has 2 rings (SSSR count). The Kier molecular flexibility index (Phi) is 5.93. The molecular weight excluding hydrogens is 286 g/mol. The minimum Gasteiger partial charge on any atom is -0.370 e. The molecule has 5 nitrogen and oxygen atoms in total. The van der Waals surface area contributed by atoms with E-state index >= 15 is 0 Å². The fourth-order valence-electron chi connectivity index (χ4n) is 2.53. The Morgan fingerprint density at radius 2 is 1.57 bits per heavy atom. The van der Waals surface area contributed by atoms with E-state index in [1.54, 1.807) is 0 Å². The number of nitrogens with zero attached hydrogens (tertiary/aromatic N) is 3. The quantitative estimate of drug-likeness (QED) is 0.766. The van der Waals surface area contributed by atoms with Crippen molar-refractivity contribution < 1.29 is 0 Å². The topological polar surface area (TPSA) is 53.1 Å². The molecular formula is C18H27N5. The lowest BCUT2D eigenvalue weighted by Crippen LogP contribution is -2.16. The van der Waals surface area contributed by atoms with Crippen LogP contribution in [0.5, 0.6) is 0 Å². The van der Waals surface area contributed by atoms with Crippen LogP contribution in [0.2, 0.25) is 0 Å². The van der Waals surface area contributed by atoms with Gasteiger partial charge in [0.05, 0.1) is 0 Å². The monoisotopic (exact) mass is 313 g/mol. The molecule has 0 amide bonds. The first-order valence-corrected chi connectivity index (χ1v) is 8.02.